The Morgan fingerprint density at radius 3 is 3.12 bits per heavy atom. The normalized spacial score (nSPS) is 19.6. The third kappa shape index (κ3) is 3.20. The molecule has 92 valence electrons. The van der Waals surface area contributed by atoms with E-state index >= 15 is 0 Å². The van der Waals surface area contributed by atoms with Gasteiger partial charge in [-0.2, -0.15) is 0 Å². The molecule has 2 rings (SSSR count). The number of rotatable bonds is 4. The zero-order valence-corrected chi connectivity index (χ0v) is 9.93. The van der Waals surface area contributed by atoms with Crippen LogP contribution in [-0.4, -0.2) is 36.9 Å². The number of benzene rings is 1. The van der Waals surface area contributed by atoms with Crippen LogP contribution < -0.4 is 4.90 Å². The summed E-state index contributed by atoms with van der Waals surface area (Å²) in [6.07, 6.45) is 0.924. The minimum atomic E-state index is -0.904. The van der Waals surface area contributed by atoms with E-state index in [0.717, 1.165) is 19.5 Å². The highest BCUT2D eigenvalue weighted by molar-refractivity contribution is 5.68. The Hall–Kier alpha value is -1.55. The average molecular weight is 235 g/mol. The van der Waals surface area contributed by atoms with Gasteiger partial charge < -0.3 is 14.7 Å². The van der Waals surface area contributed by atoms with Crippen LogP contribution in [0.15, 0.2) is 24.3 Å². The Labute approximate surface area is 101 Å². The number of hydrogen-bond acceptors (Lipinski definition) is 3. The fraction of sp³-hybridized carbons (Fsp3) is 0.462. The largest absolute Gasteiger partial charge is 0.480 e. The SMILES string of the molecule is Cc1cccc(N2CC[C@H](OCC(=O)O)C2)c1. The summed E-state index contributed by atoms with van der Waals surface area (Å²) in [4.78, 5) is 12.6. The van der Waals surface area contributed by atoms with Gasteiger partial charge in [0.2, 0.25) is 0 Å². The molecule has 1 aliphatic rings. The van der Waals surface area contributed by atoms with Gasteiger partial charge in [-0.05, 0) is 31.0 Å². The monoisotopic (exact) mass is 235 g/mol. The number of nitrogens with zero attached hydrogens (tertiary/aromatic N) is 1. The lowest BCUT2D eigenvalue weighted by Crippen LogP contribution is -2.24. The van der Waals surface area contributed by atoms with E-state index in [9.17, 15) is 4.79 Å². The number of hydrogen-bond donors (Lipinski definition) is 1. The van der Waals surface area contributed by atoms with Gasteiger partial charge in [-0.15, -0.1) is 0 Å². The summed E-state index contributed by atoms with van der Waals surface area (Å²) >= 11 is 0. The first kappa shape index (κ1) is 11.9. The molecule has 1 aliphatic heterocycles. The minimum absolute atomic E-state index is 0.0339. The summed E-state index contributed by atoms with van der Waals surface area (Å²) in [6, 6.07) is 8.32. The third-order valence-electron chi connectivity index (χ3n) is 2.95. The van der Waals surface area contributed by atoms with Gasteiger partial charge in [-0.25, -0.2) is 4.79 Å². The highest BCUT2D eigenvalue weighted by Crippen LogP contribution is 2.22. The summed E-state index contributed by atoms with van der Waals surface area (Å²) < 4.78 is 5.31. The molecule has 0 spiro atoms. The Morgan fingerprint density at radius 2 is 2.41 bits per heavy atom. The topological polar surface area (TPSA) is 49.8 Å². The quantitative estimate of drug-likeness (QED) is 0.862. The number of aliphatic carboxylic acids is 1. The highest BCUT2D eigenvalue weighted by Gasteiger charge is 2.23. The zero-order valence-electron chi connectivity index (χ0n) is 9.93. The second-order valence-corrected chi connectivity index (χ2v) is 4.40. The van der Waals surface area contributed by atoms with Crippen molar-refractivity contribution < 1.29 is 14.6 Å². The van der Waals surface area contributed by atoms with Crippen LogP contribution in [0.25, 0.3) is 0 Å². The molecule has 0 saturated carbocycles. The van der Waals surface area contributed by atoms with Crippen molar-refractivity contribution in [1.82, 2.24) is 0 Å². The van der Waals surface area contributed by atoms with Gasteiger partial charge in [0.15, 0.2) is 0 Å². The number of carbonyl (C=O) groups is 1. The molecule has 0 aromatic heterocycles. The molecule has 1 aromatic rings. The molecule has 0 unspecified atom stereocenters. The molecule has 4 nitrogen and oxygen atoms in total. The zero-order chi connectivity index (χ0) is 12.3. The molecule has 1 fully saturated rings. The number of carboxylic acids is 1. The Kier molecular flexibility index (Phi) is 3.64. The molecule has 17 heavy (non-hydrogen) atoms. The van der Waals surface area contributed by atoms with Gasteiger partial charge in [0.25, 0.3) is 0 Å². The van der Waals surface area contributed by atoms with Gasteiger partial charge in [-0.1, -0.05) is 12.1 Å². The Morgan fingerprint density at radius 1 is 1.59 bits per heavy atom. The molecule has 0 aliphatic carbocycles. The second kappa shape index (κ2) is 5.19. The minimum Gasteiger partial charge on any atom is -0.480 e. The molecule has 0 bridgehead atoms. The van der Waals surface area contributed by atoms with Gasteiger partial charge >= 0.3 is 5.97 Å². The lowest BCUT2D eigenvalue weighted by Gasteiger charge is -2.18. The van der Waals surface area contributed by atoms with Gasteiger partial charge in [-0.3, -0.25) is 0 Å². The van der Waals surface area contributed by atoms with E-state index in [2.05, 4.69) is 30.0 Å². The van der Waals surface area contributed by atoms with Crippen LogP contribution in [0.2, 0.25) is 0 Å². The van der Waals surface area contributed by atoms with E-state index in [-0.39, 0.29) is 12.7 Å². The molecular formula is C13H17NO3. The number of aryl methyl sites for hydroxylation is 1. The molecule has 1 heterocycles. The van der Waals surface area contributed by atoms with Crippen LogP contribution in [0.1, 0.15) is 12.0 Å². The summed E-state index contributed by atoms with van der Waals surface area (Å²) in [5, 5.41) is 8.55. The summed E-state index contributed by atoms with van der Waals surface area (Å²) in [7, 11) is 0. The molecule has 1 N–H and O–H groups in total. The van der Waals surface area contributed by atoms with Crippen LogP contribution in [0.4, 0.5) is 5.69 Å². The van der Waals surface area contributed by atoms with Crippen molar-refractivity contribution in [3.8, 4) is 0 Å². The van der Waals surface area contributed by atoms with Crippen molar-refractivity contribution in [1.29, 1.82) is 0 Å². The first-order valence-corrected chi connectivity index (χ1v) is 5.80. The first-order chi connectivity index (χ1) is 8.15. The molecule has 0 radical (unpaired) electrons. The van der Waals surface area contributed by atoms with Crippen molar-refractivity contribution in [3.05, 3.63) is 29.8 Å². The van der Waals surface area contributed by atoms with Crippen molar-refractivity contribution in [3.63, 3.8) is 0 Å². The molecule has 0 amide bonds. The summed E-state index contributed by atoms with van der Waals surface area (Å²) in [5.74, 6) is -0.904. The van der Waals surface area contributed by atoms with E-state index in [1.54, 1.807) is 0 Å². The maximum Gasteiger partial charge on any atom is 0.329 e. The van der Waals surface area contributed by atoms with Crippen LogP contribution in [-0.2, 0) is 9.53 Å². The first-order valence-electron chi connectivity index (χ1n) is 5.80. The summed E-state index contributed by atoms with van der Waals surface area (Å²) in [5.41, 5.74) is 2.42. The lowest BCUT2D eigenvalue weighted by molar-refractivity contribution is -0.143. The van der Waals surface area contributed by atoms with Crippen molar-refractivity contribution in [2.75, 3.05) is 24.6 Å². The van der Waals surface area contributed by atoms with E-state index in [1.165, 1.54) is 11.3 Å². The van der Waals surface area contributed by atoms with Crippen LogP contribution in [0.5, 0.6) is 0 Å². The van der Waals surface area contributed by atoms with Crippen LogP contribution >= 0.6 is 0 Å². The van der Waals surface area contributed by atoms with E-state index in [1.807, 2.05) is 6.07 Å². The molecule has 1 saturated heterocycles. The second-order valence-electron chi connectivity index (χ2n) is 4.40. The molecule has 1 atom stereocenters. The van der Waals surface area contributed by atoms with Crippen LogP contribution in [0, 0.1) is 6.92 Å². The van der Waals surface area contributed by atoms with Gasteiger partial charge in [0.1, 0.15) is 6.61 Å². The Bertz CT molecular complexity index is 405. The highest BCUT2D eigenvalue weighted by atomic mass is 16.5. The Balaban J connectivity index is 1.91. The standard InChI is InChI=1S/C13H17NO3/c1-10-3-2-4-11(7-10)14-6-5-12(8-14)17-9-13(15)16/h2-4,7,12H,5-6,8-9H2,1H3,(H,15,16)/t12-/m0/s1. The molecule has 1 aromatic carbocycles. The predicted molar refractivity (Wildman–Crippen MR) is 65.4 cm³/mol. The molecule has 4 heteroatoms. The fourth-order valence-electron chi connectivity index (χ4n) is 2.11. The van der Waals surface area contributed by atoms with Crippen molar-refractivity contribution in [2.24, 2.45) is 0 Å². The number of ether oxygens (including phenoxy) is 1. The smallest absolute Gasteiger partial charge is 0.329 e. The van der Waals surface area contributed by atoms with Gasteiger partial charge in [0.05, 0.1) is 6.10 Å². The van der Waals surface area contributed by atoms with Crippen molar-refractivity contribution in [2.45, 2.75) is 19.4 Å². The van der Waals surface area contributed by atoms with Crippen molar-refractivity contribution >= 4 is 11.7 Å². The fourth-order valence-corrected chi connectivity index (χ4v) is 2.11. The van der Waals surface area contributed by atoms with Gasteiger partial charge in [0, 0.05) is 18.8 Å². The van der Waals surface area contributed by atoms with E-state index in [4.69, 9.17) is 9.84 Å². The predicted octanol–water partition coefficient (Wildman–Crippen LogP) is 1.67. The van der Waals surface area contributed by atoms with E-state index in [0.29, 0.717) is 0 Å². The maximum absolute atomic E-state index is 10.4. The number of carboxylic acid groups (broad SMARTS) is 1. The number of anilines is 1. The lowest BCUT2D eigenvalue weighted by atomic mass is 10.2. The summed E-state index contributed by atoms with van der Waals surface area (Å²) in [6.45, 7) is 3.56. The van der Waals surface area contributed by atoms with Crippen LogP contribution in [0.3, 0.4) is 0 Å². The van der Waals surface area contributed by atoms with E-state index < -0.39 is 5.97 Å². The molecular weight excluding hydrogens is 218 g/mol. The maximum atomic E-state index is 10.4. The average Bonchev–Trinajstić information content (AvgIpc) is 2.75. The third-order valence-corrected chi connectivity index (χ3v) is 2.95.